The van der Waals surface area contributed by atoms with Gasteiger partial charge in [-0.2, -0.15) is 0 Å². The standard InChI is InChI=1S/C17H30N2OS/c1-6-10-19(11-7-2)12-8-9-18-14-13(17(3,4)5)15(20)16(14)21/h18H,6-12H2,1-5H3. The topological polar surface area (TPSA) is 32.3 Å². The Kier molecular flexibility index (Phi) is 7.01. The van der Waals surface area contributed by atoms with Crippen LogP contribution in [0.25, 0.3) is 0 Å². The lowest BCUT2D eigenvalue weighted by molar-refractivity contribution is 0.274. The highest BCUT2D eigenvalue weighted by Crippen LogP contribution is 2.30. The Bertz CT molecular complexity index is 503. The largest absolute Gasteiger partial charge is 0.383 e. The van der Waals surface area contributed by atoms with E-state index in [1.807, 2.05) is 0 Å². The van der Waals surface area contributed by atoms with Crippen molar-refractivity contribution in [2.24, 2.45) is 0 Å². The molecule has 4 heteroatoms. The number of hydrogen-bond donors (Lipinski definition) is 1. The summed E-state index contributed by atoms with van der Waals surface area (Å²) in [6, 6.07) is 0. The predicted octanol–water partition coefficient (Wildman–Crippen LogP) is 3.87. The zero-order chi connectivity index (χ0) is 16.0. The van der Waals surface area contributed by atoms with Gasteiger partial charge in [0.1, 0.15) is 4.51 Å². The van der Waals surface area contributed by atoms with Crippen LogP contribution in [0.3, 0.4) is 0 Å². The van der Waals surface area contributed by atoms with E-state index < -0.39 is 0 Å². The minimum atomic E-state index is -0.127. The van der Waals surface area contributed by atoms with Gasteiger partial charge in [-0.05, 0) is 44.3 Å². The van der Waals surface area contributed by atoms with Gasteiger partial charge in [-0.15, -0.1) is 0 Å². The zero-order valence-electron chi connectivity index (χ0n) is 14.2. The van der Waals surface area contributed by atoms with E-state index in [0.717, 1.165) is 30.8 Å². The number of rotatable bonds is 9. The number of nitrogens with zero attached hydrogens (tertiary/aromatic N) is 1. The first-order valence-electron chi connectivity index (χ1n) is 8.12. The van der Waals surface area contributed by atoms with Crippen LogP contribution in [-0.4, -0.2) is 31.1 Å². The maximum atomic E-state index is 11.9. The first kappa shape index (κ1) is 18.3. The molecule has 0 aromatic heterocycles. The molecule has 0 aliphatic rings. The SMILES string of the molecule is CCCN(CCC)CCCNc1c(C(C)(C)C)c(=O)c1=S. The third-order valence-electron chi connectivity index (χ3n) is 3.69. The molecule has 0 saturated heterocycles. The fourth-order valence-corrected chi connectivity index (χ4v) is 3.04. The molecule has 0 heterocycles. The molecule has 0 bridgehead atoms. The number of anilines is 1. The molecule has 0 atom stereocenters. The normalized spacial score (nSPS) is 12.3. The average molecular weight is 311 g/mol. The quantitative estimate of drug-likeness (QED) is 0.554. The minimum Gasteiger partial charge on any atom is -0.383 e. The van der Waals surface area contributed by atoms with E-state index in [4.69, 9.17) is 12.2 Å². The summed E-state index contributed by atoms with van der Waals surface area (Å²) < 4.78 is 0.485. The molecule has 0 saturated carbocycles. The van der Waals surface area contributed by atoms with Crippen LogP contribution in [0.15, 0.2) is 4.79 Å². The van der Waals surface area contributed by atoms with Gasteiger partial charge in [-0.3, -0.25) is 4.79 Å². The number of hydrogen-bond acceptors (Lipinski definition) is 4. The van der Waals surface area contributed by atoms with Crippen LogP contribution in [0.1, 0.15) is 59.4 Å². The third-order valence-corrected chi connectivity index (χ3v) is 4.08. The minimum absolute atomic E-state index is 0.0543. The van der Waals surface area contributed by atoms with Gasteiger partial charge in [0.2, 0.25) is 5.43 Å². The van der Waals surface area contributed by atoms with Gasteiger partial charge in [0.05, 0.1) is 5.69 Å². The monoisotopic (exact) mass is 310 g/mol. The highest BCUT2D eigenvalue weighted by atomic mass is 32.1. The van der Waals surface area contributed by atoms with Crippen LogP contribution in [0, 0.1) is 4.51 Å². The molecule has 0 amide bonds. The molecular weight excluding hydrogens is 280 g/mol. The Morgan fingerprint density at radius 1 is 1.10 bits per heavy atom. The Balaban J connectivity index is 2.49. The lowest BCUT2D eigenvalue weighted by atomic mass is 9.82. The van der Waals surface area contributed by atoms with Gasteiger partial charge in [-0.25, -0.2) is 0 Å². The van der Waals surface area contributed by atoms with E-state index >= 15 is 0 Å². The van der Waals surface area contributed by atoms with Crippen LogP contribution in [0.5, 0.6) is 0 Å². The van der Waals surface area contributed by atoms with Crippen molar-refractivity contribution in [3.63, 3.8) is 0 Å². The Hall–Kier alpha value is -0.740. The van der Waals surface area contributed by atoms with Crippen molar-refractivity contribution in [2.45, 2.75) is 59.3 Å². The fraction of sp³-hybridized carbons (Fsp3) is 0.765. The molecule has 0 fully saturated rings. The summed E-state index contributed by atoms with van der Waals surface area (Å²) in [4.78, 5) is 14.4. The average Bonchev–Trinajstić information content (AvgIpc) is 2.40. The Morgan fingerprint density at radius 2 is 1.67 bits per heavy atom. The highest BCUT2D eigenvalue weighted by Gasteiger charge is 2.27. The summed E-state index contributed by atoms with van der Waals surface area (Å²) >= 11 is 5.18. The molecular formula is C17H30N2OS. The van der Waals surface area contributed by atoms with Crippen molar-refractivity contribution >= 4 is 17.9 Å². The van der Waals surface area contributed by atoms with Gasteiger partial charge in [-0.1, -0.05) is 46.8 Å². The molecule has 1 aromatic rings. The second kappa shape index (κ2) is 8.04. The molecule has 21 heavy (non-hydrogen) atoms. The summed E-state index contributed by atoms with van der Waals surface area (Å²) in [6.45, 7) is 15.0. The molecule has 120 valence electrons. The van der Waals surface area contributed by atoms with E-state index in [9.17, 15) is 4.79 Å². The zero-order valence-corrected chi connectivity index (χ0v) is 15.0. The first-order valence-corrected chi connectivity index (χ1v) is 8.53. The maximum Gasteiger partial charge on any atom is 0.204 e. The van der Waals surface area contributed by atoms with Gasteiger partial charge in [0, 0.05) is 12.1 Å². The van der Waals surface area contributed by atoms with E-state index in [2.05, 4.69) is 44.8 Å². The summed E-state index contributed by atoms with van der Waals surface area (Å²) in [5.41, 5.74) is 1.71. The molecule has 0 spiro atoms. The lowest BCUT2D eigenvalue weighted by Crippen LogP contribution is -2.32. The predicted molar refractivity (Wildman–Crippen MR) is 94.7 cm³/mol. The summed E-state index contributed by atoms with van der Waals surface area (Å²) in [7, 11) is 0. The fourth-order valence-electron chi connectivity index (χ4n) is 2.76. The van der Waals surface area contributed by atoms with Crippen LogP contribution < -0.4 is 10.7 Å². The molecule has 1 N–H and O–H groups in total. The first-order chi connectivity index (χ1) is 9.82. The number of nitrogens with one attached hydrogen (secondary N) is 1. The van der Waals surface area contributed by atoms with E-state index in [1.165, 1.54) is 25.9 Å². The van der Waals surface area contributed by atoms with Crippen LogP contribution in [0.4, 0.5) is 5.69 Å². The van der Waals surface area contributed by atoms with Gasteiger partial charge in [0.15, 0.2) is 0 Å². The van der Waals surface area contributed by atoms with E-state index in [-0.39, 0.29) is 10.8 Å². The lowest BCUT2D eigenvalue weighted by Gasteiger charge is -2.26. The van der Waals surface area contributed by atoms with E-state index in [1.54, 1.807) is 0 Å². The Labute approximate surface area is 134 Å². The smallest absolute Gasteiger partial charge is 0.204 e. The molecule has 1 aromatic carbocycles. The molecule has 0 unspecified atom stereocenters. The molecule has 1 rings (SSSR count). The van der Waals surface area contributed by atoms with Crippen molar-refractivity contribution in [2.75, 3.05) is 31.5 Å². The van der Waals surface area contributed by atoms with Crippen molar-refractivity contribution in [3.05, 3.63) is 20.3 Å². The van der Waals surface area contributed by atoms with Crippen molar-refractivity contribution in [1.82, 2.24) is 4.90 Å². The van der Waals surface area contributed by atoms with E-state index in [0.29, 0.717) is 4.51 Å². The summed E-state index contributed by atoms with van der Waals surface area (Å²) in [5, 5.41) is 3.39. The van der Waals surface area contributed by atoms with Crippen molar-refractivity contribution in [1.29, 1.82) is 0 Å². The third kappa shape index (κ3) is 4.89. The highest BCUT2D eigenvalue weighted by molar-refractivity contribution is 7.71. The Morgan fingerprint density at radius 3 is 2.14 bits per heavy atom. The molecule has 0 radical (unpaired) electrons. The summed E-state index contributed by atoms with van der Waals surface area (Å²) in [5.74, 6) is 0. The van der Waals surface area contributed by atoms with Gasteiger partial charge >= 0.3 is 0 Å². The van der Waals surface area contributed by atoms with Crippen molar-refractivity contribution < 1.29 is 0 Å². The van der Waals surface area contributed by atoms with Crippen LogP contribution >= 0.6 is 12.2 Å². The molecule has 3 nitrogen and oxygen atoms in total. The van der Waals surface area contributed by atoms with Crippen molar-refractivity contribution in [3.8, 4) is 0 Å². The van der Waals surface area contributed by atoms with Crippen LogP contribution in [0.2, 0.25) is 0 Å². The second-order valence-corrected chi connectivity index (χ2v) is 7.19. The second-order valence-electron chi connectivity index (χ2n) is 6.78. The summed E-state index contributed by atoms with van der Waals surface area (Å²) in [6.07, 6.45) is 3.48. The molecule has 0 aliphatic carbocycles. The maximum absolute atomic E-state index is 11.9. The van der Waals surface area contributed by atoms with Gasteiger partial charge < -0.3 is 10.2 Å². The van der Waals surface area contributed by atoms with Gasteiger partial charge in [0.25, 0.3) is 0 Å². The molecule has 0 aliphatic heterocycles. The van der Waals surface area contributed by atoms with Crippen LogP contribution in [-0.2, 0) is 5.41 Å².